The van der Waals surface area contributed by atoms with Gasteiger partial charge in [0.25, 0.3) is 0 Å². The van der Waals surface area contributed by atoms with E-state index in [2.05, 4.69) is 0 Å². The van der Waals surface area contributed by atoms with Crippen LogP contribution in [0.3, 0.4) is 0 Å². The van der Waals surface area contributed by atoms with Crippen LogP contribution in [0.15, 0.2) is 0 Å². The summed E-state index contributed by atoms with van der Waals surface area (Å²) in [5.41, 5.74) is -2.27. The van der Waals surface area contributed by atoms with Gasteiger partial charge in [-0.2, -0.15) is 10.5 Å². The first-order valence-corrected chi connectivity index (χ1v) is 3.20. The smallest absolute Gasteiger partial charge is 0.198 e. The van der Waals surface area contributed by atoms with E-state index in [-0.39, 0.29) is 0 Å². The molecule has 6 heteroatoms. The minimum absolute atomic E-state index is 1.08. The van der Waals surface area contributed by atoms with E-state index in [1.165, 1.54) is 0 Å². The molecule has 2 nitrogen and oxygen atoms in total. The number of nitrogens with zero attached hydrogens (tertiary/aromatic N) is 2. The molecule has 0 N–H and O–H groups in total. The average molecular weight is 200 g/mol. The Balaban J connectivity index is 3.79. The van der Waals surface area contributed by atoms with Crippen LogP contribution in [0.5, 0.6) is 0 Å². The van der Waals surface area contributed by atoms with E-state index in [0.29, 0.717) is 0 Å². The Kier molecular flexibility index (Phi) is 2.39. The van der Waals surface area contributed by atoms with Gasteiger partial charge >= 0.3 is 0 Å². The summed E-state index contributed by atoms with van der Waals surface area (Å²) in [7, 11) is 0. The predicted molar refractivity (Wildman–Crippen MR) is 35.7 cm³/mol. The summed E-state index contributed by atoms with van der Waals surface area (Å²) in [6.07, 6.45) is 0. The minimum Gasteiger partial charge on any atom is -0.202 e. The maximum Gasteiger partial charge on any atom is 0.198 e. The van der Waals surface area contributed by atoms with Crippen molar-refractivity contribution in [2.75, 3.05) is 0 Å². The van der Waals surface area contributed by atoms with Crippen molar-refractivity contribution in [2.45, 2.75) is 0 Å². The van der Waals surface area contributed by atoms with Gasteiger partial charge in [0.05, 0.1) is 0 Å². The highest BCUT2D eigenvalue weighted by atomic mass is 19.2. The van der Waals surface area contributed by atoms with E-state index in [9.17, 15) is 17.6 Å². The molecular formula is C8F4N2. The quantitative estimate of drug-likeness (QED) is 0.365. The van der Waals surface area contributed by atoms with Crippen LogP contribution < -0.4 is 0 Å². The highest BCUT2D eigenvalue weighted by Gasteiger charge is 2.24. The van der Waals surface area contributed by atoms with E-state index < -0.39 is 34.4 Å². The molecule has 70 valence electrons. The summed E-state index contributed by atoms with van der Waals surface area (Å²) >= 11 is 0. The summed E-state index contributed by atoms with van der Waals surface area (Å²) in [5.74, 6) is -7.91. The highest BCUT2D eigenvalue weighted by molar-refractivity contribution is 5.47. The number of rotatable bonds is 0. The first kappa shape index (κ1) is 10.0. The van der Waals surface area contributed by atoms with Crippen molar-refractivity contribution in [1.82, 2.24) is 0 Å². The summed E-state index contributed by atoms with van der Waals surface area (Å²) < 4.78 is 50.5. The average Bonchev–Trinajstić information content (AvgIpc) is 2.20. The zero-order valence-electron chi connectivity index (χ0n) is 6.41. The molecule has 1 rings (SSSR count). The van der Waals surface area contributed by atoms with Crippen molar-refractivity contribution in [3.8, 4) is 12.1 Å². The molecule has 0 amide bonds. The van der Waals surface area contributed by atoms with Crippen LogP contribution in [-0.2, 0) is 0 Å². The van der Waals surface area contributed by atoms with E-state index >= 15 is 0 Å². The van der Waals surface area contributed by atoms with Gasteiger partial charge in [-0.25, -0.2) is 17.6 Å². The van der Waals surface area contributed by atoms with Gasteiger partial charge in [-0.1, -0.05) is 0 Å². The number of benzene rings is 1. The van der Waals surface area contributed by atoms with Gasteiger partial charge in [-0.15, -0.1) is 0 Å². The van der Waals surface area contributed by atoms with Crippen molar-refractivity contribution in [3.63, 3.8) is 0 Å². The van der Waals surface area contributed by atoms with Gasteiger partial charge < -0.3 is 0 Å². The Morgan fingerprint density at radius 3 is 1.14 bits per heavy atom. The number of halogens is 4. The fourth-order valence-corrected chi connectivity index (χ4v) is 0.842. The van der Waals surface area contributed by atoms with Crippen LogP contribution in [-0.4, -0.2) is 0 Å². The van der Waals surface area contributed by atoms with Gasteiger partial charge in [0.2, 0.25) is 0 Å². The molecule has 1 aromatic rings. The Bertz CT molecular complexity index is 437. The Morgan fingerprint density at radius 1 is 0.643 bits per heavy atom. The maximum atomic E-state index is 12.7. The molecule has 0 atom stereocenters. The molecule has 14 heavy (non-hydrogen) atoms. The number of hydrogen-bond donors (Lipinski definition) is 0. The van der Waals surface area contributed by atoms with Crippen LogP contribution in [0.25, 0.3) is 0 Å². The lowest BCUT2D eigenvalue weighted by molar-refractivity contribution is 0.406. The molecular weight excluding hydrogens is 200 g/mol. The molecule has 0 aromatic heterocycles. The van der Waals surface area contributed by atoms with Gasteiger partial charge in [0.15, 0.2) is 23.3 Å². The molecule has 0 saturated carbocycles. The molecule has 1 aromatic carbocycles. The van der Waals surface area contributed by atoms with Gasteiger partial charge in [0, 0.05) is 0 Å². The Morgan fingerprint density at radius 2 is 0.929 bits per heavy atom. The van der Waals surface area contributed by atoms with Crippen LogP contribution in [0.2, 0.25) is 0 Å². The fourth-order valence-electron chi connectivity index (χ4n) is 0.842. The lowest BCUT2D eigenvalue weighted by atomic mass is 10.1. The summed E-state index contributed by atoms with van der Waals surface area (Å²) in [4.78, 5) is 0. The Labute approximate surface area is 75.6 Å². The second-order valence-corrected chi connectivity index (χ2v) is 2.23. The van der Waals surface area contributed by atoms with Crippen LogP contribution in [0.4, 0.5) is 17.6 Å². The number of hydrogen-bond acceptors (Lipinski definition) is 2. The monoisotopic (exact) mass is 200 g/mol. The third kappa shape index (κ3) is 1.17. The van der Waals surface area contributed by atoms with Crippen LogP contribution in [0.1, 0.15) is 11.1 Å². The van der Waals surface area contributed by atoms with Crippen molar-refractivity contribution in [2.24, 2.45) is 0 Å². The standard InChI is InChI=1S/C8F4N2/c9-5-3(1-13)4(2-14)6(10)8(12)7(5)11. The molecule has 0 heterocycles. The lowest BCUT2D eigenvalue weighted by Crippen LogP contribution is -2.04. The first-order valence-electron chi connectivity index (χ1n) is 3.20. The normalized spacial score (nSPS) is 9.29. The second kappa shape index (κ2) is 3.35. The fraction of sp³-hybridized carbons (Fsp3) is 0. The Hall–Kier alpha value is -2.08. The van der Waals surface area contributed by atoms with Crippen LogP contribution in [0, 0.1) is 45.9 Å². The lowest BCUT2D eigenvalue weighted by Gasteiger charge is -2.01. The van der Waals surface area contributed by atoms with Crippen LogP contribution >= 0.6 is 0 Å². The predicted octanol–water partition coefficient (Wildman–Crippen LogP) is 1.99. The maximum absolute atomic E-state index is 12.7. The second-order valence-electron chi connectivity index (χ2n) is 2.23. The van der Waals surface area contributed by atoms with E-state index in [0.717, 1.165) is 12.1 Å². The molecule has 0 aliphatic heterocycles. The van der Waals surface area contributed by atoms with Gasteiger partial charge in [0.1, 0.15) is 23.3 Å². The van der Waals surface area contributed by atoms with Gasteiger partial charge in [-0.05, 0) is 0 Å². The largest absolute Gasteiger partial charge is 0.202 e. The molecule has 0 bridgehead atoms. The third-order valence-electron chi connectivity index (χ3n) is 1.49. The van der Waals surface area contributed by atoms with E-state index in [4.69, 9.17) is 10.5 Å². The number of nitriles is 2. The van der Waals surface area contributed by atoms with Crippen molar-refractivity contribution < 1.29 is 17.6 Å². The molecule has 0 fully saturated rings. The van der Waals surface area contributed by atoms with Crippen molar-refractivity contribution in [3.05, 3.63) is 34.4 Å². The molecule has 0 saturated heterocycles. The summed E-state index contributed by atoms with van der Waals surface area (Å²) in [5, 5.41) is 16.5. The highest BCUT2D eigenvalue weighted by Crippen LogP contribution is 2.22. The molecule has 0 unspecified atom stereocenters. The third-order valence-corrected chi connectivity index (χ3v) is 1.49. The summed E-state index contributed by atoms with van der Waals surface area (Å²) in [6, 6.07) is 2.16. The minimum atomic E-state index is -2.10. The molecule has 0 aliphatic rings. The van der Waals surface area contributed by atoms with E-state index in [1.54, 1.807) is 0 Å². The van der Waals surface area contributed by atoms with Crippen molar-refractivity contribution >= 4 is 0 Å². The molecule has 0 radical (unpaired) electrons. The SMILES string of the molecule is N#Cc1c(F)c(F)c(F)c(F)c1C#N. The molecule has 0 aliphatic carbocycles. The topological polar surface area (TPSA) is 47.6 Å². The molecule has 0 spiro atoms. The zero-order chi connectivity index (χ0) is 10.9. The van der Waals surface area contributed by atoms with Crippen molar-refractivity contribution in [1.29, 1.82) is 10.5 Å². The first-order chi connectivity index (χ1) is 6.54. The van der Waals surface area contributed by atoms with Gasteiger partial charge in [-0.3, -0.25) is 0 Å². The zero-order valence-corrected chi connectivity index (χ0v) is 6.41. The summed E-state index contributed by atoms with van der Waals surface area (Å²) in [6.45, 7) is 0. The van der Waals surface area contributed by atoms with E-state index in [1.807, 2.05) is 0 Å².